The molecule has 1 saturated carbocycles. The second kappa shape index (κ2) is 6.35. The molecule has 94 valence electrons. The smallest absolute Gasteiger partial charge is 0.0360 e. The summed E-state index contributed by atoms with van der Waals surface area (Å²) in [6.07, 6.45) is 5.49. The van der Waals surface area contributed by atoms with Gasteiger partial charge in [-0.2, -0.15) is 0 Å². The lowest BCUT2D eigenvalue weighted by Crippen LogP contribution is -2.27. The summed E-state index contributed by atoms with van der Waals surface area (Å²) >= 11 is 7.26. The Morgan fingerprint density at radius 3 is 2.65 bits per heavy atom. The van der Waals surface area contributed by atoms with Crippen LogP contribution in [0.5, 0.6) is 0 Å². The second-order valence-corrected chi connectivity index (χ2v) is 6.52. The van der Waals surface area contributed by atoms with Crippen LogP contribution in [-0.2, 0) is 0 Å². The summed E-state index contributed by atoms with van der Waals surface area (Å²) in [6, 6.07) is 6.97. The average molecular weight is 361 g/mol. The Morgan fingerprint density at radius 2 is 2.00 bits per heavy atom. The van der Waals surface area contributed by atoms with Crippen molar-refractivity contribution in [3.05, 3.63) is 32.7 Å². The van der Waals surface area contributed by atoms with Crippen molar-refractivity contribution in [3.63, 3.8) is 0 Å². The highest BCUT2D eigenvalue weighted by Crippen LogP contribution is 2.39. The van der Waals surface area contributed by atoms with Crippen LogP contribution in [0.3, 0.4) is 0 Å². The van der Waals surface area contributed by atoms with Gasteiger partial charge in [0.1, 0.15) is 0 Å². The summed E-state index contributed by atoms with van der Waals surface area (Å²) in [7, 11) is 0. The van der Waals surface area contributed by atoms with Crippen LogP contribution in [0.2, 0.25) is 0 Å². The minimum absolute atomic E-state index is 0.495. The lowest BCUT2D eigenvalue weighted by Gasteiger charge is -2.26. The van der Waals surface area contributed by atoms with Crippen molar-refractivity contribution in [1.82, 2.24) is 5.32 Å². The van der Waals surface area contributed by atoms with Crippen molar-refractivity contribution in [2.24, 2.45) is 5.92 Å². The zero-order valence-corrected chi connectivity index (χ0v) is 13.4. The molecule has 0 aromatic heterocycles. The molecule has 1 aliphatic carbocycles. The molecule has 2 rings (SSSR count). The molecule has 0 saturated heterocycles. The third kappa shape index (κ3) is 3.33. The van der Waals surface area contributed by atoms with Gasteiger partial charge in [-0.25, -0.2) is 0 Å². The first kappa shape index (κ1) is 13.6. The normalized spacial score (nSPS) is 18.5. The molecule has 0 aliphatic heterocycles. The van der Waals surface area contributed by atoms with Gasteiger partial charge in [0.05, 0.1) is 0 Å². The summed E-state index contributed by atoms with van der Waals surface area (Å²) in [6.45, 7) is 3.22. The molecule has 1 N–H and O–H groups in total. The zero-order valence-electron chi connectivity index (χ0n) is 10.2. The number of benzene rings is 1. The molecule has 1 aromatic rings. The van der Waals surface area contributed by atoms with Gasteiger partial charge in [-0.1, -0.05) is 51.6 Å². The first-order valence-corrected chi connectivity index (χ1v) is 7.99. The third-order valence-corrected chi connectivity index (χ3v) is 4.80. The van der Waals surface area contributed by atoms with Crippen LogP contribution in [0.15, 0.2) is 27.1 Å². The van der Waals surface area contributed by atoms with E-state index in [4.69, 9.17) is 0 Å². The van der Waals surface area contributed by atoms with E-state index >= 15 is 0 Å². The predicted octanol–water partition coefficient (Wildman–Crippen LogP) is 5.05. The summed E-state index contributed by atoms with van der Waals surface area (Å²) in [4.78, 5) is 0. The van der Waals surface area contributed by atoms with Gasteiger partial charge in [0.25, 0.3) is 0 Å². The number of rotatable bonds is 4. The highest BCUT2D eigenvalue weighted by atomic mass is 79.9. The van der Waals surface area contributed by atoms with Gasteiger partial charge in [0.15, 0.2) is 0 Å². The number of hydrogen-bond acceptors (Lipinski definition) is 1. The average Bonchev–Trinajstić information content (AvgIpc) is 2.83. The monoisotopic (exact) mass is 359 g/mol. The Kier molecular flexibility index (Phi) is 5.07. The Morgan fingerprint density at radius 1 is 1.29 bits per heavy atom. The summed E-state index contributed by atoms with van der Waals surface area (Å²) in [5.41, 5.74) is 1.40. The van der Waals surface area contributed by atoms with Crippen LogP contribution < -0.4 is 5.32 Å². The number of nitrogens with one attached hydrogen (secondary N) is 1. The van der Waals surface area contributed by atoms with Crippen LogP contribution >= 0.6 is 31.9 Å². The fourth-order valence-electron chi connectivity index (χ4n) is 2.79. The predicted molar refractivity (Wildman–Crippen MR) is 80.2 cm³/mol. The van der Waals surface area contributed by atoms with Crippen LogP contribution in [0.1, 0.15) is 44.2 Å². The SMILES string of the molecule is CCNC(c1cc(Br)ccc1Br)C1CCCC1. The maximum Gasteiger partial charge on any atom is 0.0360 e. The topological polar surface area (TPSA) is 12.0 Å². The molecule has 0 bridgehead atoms. The van der Waals surface area contributed by atoms with Crippen molar-refractivity contribution < 1.29 is 0 Å². The zero-order chi connectivity index (χ0) is 12.3. The summed E-state index contributed by atoms with van der Waals surface area (Å²) in [5.74, 6) is 0.792. The highest BCUT2D eigenvalue weighted by molar-refractivity contribution is 9.11. The first-order valence-electron chi connectivity index (χ1n) is 6.40. The molecule has 1 atom stereocenters. The quantitative estimate of drug-likeness (QED) is 0.791. The van der Waals surface area contributed by atoms with Crippen molar-refractivity contribution >= 4 is 31.9 Å². The number of halogens is 2. The van der Waals surface area contributed by atoms with Crippen LogP contribution in [0, 0.1) is 5.92 Å². The molecule has 1 aliphatic rings. The van der Waals surface area contributed by atoms with Gasteiger partial charge in [0, 0.05) is 15.0 Å². The van der Waals surface area contributed by atoms with E-state index in [1.165, 1.54) is 35.7 Å². The second-order valence-electron chi connectivity index (χ2n) is 4.75. The van der Waals surface area contributed by atoms with E-state index in [0.29, 0.717) is 6.04 Å². The van der Waals surface area contributed by atoms with Gasteiger partial charge >= 0.3 is 0 Å². The fourth-order valence-corrected chi connectivity index (χ4v) is 3.67. The van der Waals surface area contributed by atoms with E-state index in [2.05, 4.69) is 62.3 Å². The Balaban J connectivity index is 2.27. The summed E-state index contributed by atoms with van der Waals surface area (Å²) < 4.78 is 2.38. The molecule has 0 heterocycles. The van der Waals surface area contributed by atoms with E-state index in [9.17, 15) is 0 Å². The van der Waals surface area contributed by atoms with Crippen LogP contribution in [0.25, 0.3) is 0 Å². The van der Waals surface area contributed by atoms with Crippen molar-refractivity contribution in [2.45, 2.75) is 38.6 Å². The molecule has 1 unspecified atom stereocenters. The minimum Gasteiger partial charge on any atom is -0.310 e. The van der Waals surface area contributed by atoms with E-state index in [0.717, 1.165) is 16.9 Å². The largest absolute Gasteiger partial charge is 0.310 e. The number of hydrogen-bond donors (Lipinski definition) is 1. The van der Waals surface area contributed by atoms with Gasteiger partial charge in [-0.3, -0.25) is 0 Å². The van der Waals surface area contributed by atoms with E-state index < -0.39 is 0 Å². The molecular weight excluding hydrogens is 342 g/mol. The molecule has 0 spiro atoms. The molecule has 0 amide bonds. The maximum atomic E-state index is 3.69. The lowest BCUT2D eigenvalue weighted by atomic mass is 9.91. The molecule has 17 heavy (non-hydrogen) atoms. The highest BCUT2D eigenvalue weighted by Gasteiger charge is 2.26. The van der Waals surface area contributed by atoms with Gasteiger partial charge in [0.2, 0.25) is 0 Å². The van der Waals surface area contributed by atoms with Gasteiger partial charge < -0.3 is 5.32 Å². The van der Waals surface area contributed by atoms with Crippen LogP contribution in [-0.4, -0.2) is 6.54 Å². The van der Waals surface area contributed by atoms with Crippen LogP contribution in [0.4, 0.5) is 0 Å². The van der Waals surface area contributed by atoms with E-state index in [1.54, 1.807) is 0 Å². The van der Waals surface area contributed by atoms with Crippen molar-refractivity contribution in [3.8, 4) is 0 Å². The molecule has 1 aromatic carbocycles. The Labute approximate surface area is 121 Å². The van der Waals surface area contributed by atoms with E-state index in [1.807, 2.05) is 0 Å². The lowest BCUT2D eigenvalue weighted by molar-refractivity contribution is 0.373. The molecule has 3 heteroatoms. The molecule has 1 nitrogen and oxygen atoms in total. The standard InChI is InChI=1S/C14H19Br2N/c1-2-17-14(10-5-3-4-6-10)12-9-11(15)7-8-13(12)16/h7-10,14,17H,2-6H2,1H3. The Hall–Kier alpha value is 0.140. The van der Waals surface area contributed by atoms with E-state index in [-0.39, 0.29) is 0 Å². The Bertz CT molecular complexity index is 372. The van der Waals surface area contributed by atoms with Crippen molar-refractivity contribution in [2.75, 3.05) is 6.54 Å². The third-order valence-electron chi connectivity index (χ3n) is 3.59. The first-order chi connectivity index (χ1) is 8.22. The van der Waals surface area contributed by atoms with Gasteiger partial charge in [-0.05, 0) is 49.1 Å². The van der Waals surface area contributed by atoms with Gasteiger partial charge in [-0.15, -0.1) is 0 Å². The molecule has 0 radical (unpaired) electrons. The summed E-state index contributed by atoms with van der Waals surface area (Å²) in [5, 5.41) is 3.66. The maximum absolute atomic E-state index is 3.69. The minimum atomic E-state index is 0.495. The van der Waals surface area contributed by atoms with Crippen molar-refractivity contribution in [1.29, 1.82) is 0 Å². The molecule has 1 fully saturated rings. The fraction of sp³-hybridized carbons (Fsp3) is 0.571. The molecular formula is C14H19Br2N.